The Kier molecular flexibility index (Phi) is 4.77. The van der Waals surface area contributed by atoms with Crippen molar-refractivity contribution in [2.24, 2.45) is 0 Å². The third kappa shape index (κ3) is 3.30. The van der Waals surface area contributed by atoms with E-state index in [2.05, 4.69) is 15.9 Å². The second kappa shape index (κ2) is 5.64. The van der Waals surface area contributed by atoms with Crippen LogP contribution in [0.3, 0.4) is 0 Å². The monoisotopic (exact) mass is 290 g/mol. The fraction of sp³-hybridized carbons (Fsp3) is 0.364. The van der Waals surface area contributed by atoms with Crippen LogP contribution in [0.5, 0.6) is 0 Å². The van der Waals surface area contributed by atoms with Gasteiger partial charge < -0.3 is 4.74 Å². The van der Waals surface area contributed by atoms with Gasteiger partial charge in [0.25, 0.3) is 0 Å². The van der Waals surface area contributed by atoms with E-state index in [9.17, 15) is 4.79 Å². The summed E-state index contributed by atoms with van der Waals surface area (Å²) in [6.07, 6.45) is -0.539. The number of carbonyl (C=O) groups excluding carboxylic acids is 1. The molecule has 4 heteroatoms. The van der Waals surface area contributed by atoms with Crippen LogP contribution in [0.2, 0.25) is 5.02 Å². The first-order valence-corrected chi connectivity index (χ1v) is 5.80. The summed E-state index contributed by atoms with van der Waals surface area (Å²) in [7, 11) is 0. The summed E-state index contributed by atoms with van der Waals surface area (Å²) < 4.78 is 6.22. The van der Waals surface area contributed by atoms with Crippen molar-refractivity contribution in [2.75, 3.05) is 6.61 Å². The minimum absolute atomic E-state index is 0.0279. The van der Waals surface area contributed by atoms with Crippen molar-refractivity contribution in [1.29, 1.82) is 0 Å². The molecule has 1 aromatic carbocycles. The smallest absolute Gasteiger partial charge is 0.163 e. The second-order valence-corrected chi connectivity index (χ2v) is 4.40. The Hall–Kier alpha value is -0.380. The molecule has 0 amide bonds. The Balaban J connectivity index is 3.09. The van der Waals surface area contributed by atoms with Gasteiger partial charge >= 0.3 is 0 Å². The highest BCUT2D eigenvalue weighted by Crippen LogP contribution is 2.29. The van der Waals surface area contributed by atoms with E-state index in [0.717, 1.165) is 10.0 Å². The summed E-state index contributed by atoms with van der Waals surface area (Å²) in [6, 6.07) is 5.32. The van der Waals surface area contributed by atoms with Gasteiger partial charge in [-0.15, -0.1) is 0 Å². The summed E-state index contributed by atoms with van der Waals surface area (Å²) >= 11 is 9.26. The molecule has 82 valence electrons. The maximum Gasteiger partial charge on any atom is 0.163 e. The van der Waals surface area contributed by atoms with E-state index in [1.54, 1.807) is 12.1 Å². The Bertz CT molecular complexity index is 366. The lowest BCUT2D eigenvalue weighted by molar-refractivity contribution is -0.128. The van der Waals surface area contributed by atoms with Gasteiger partial charge in [-0.2, -0.15) is 0 Å². The number of ether oxygens (including phenoxy) is 1. The summed E-state index contributed by atoms with van der Waals surface area (Å²) in [6.45, 7) is 3.85. The van der Waals surface area contributed by atoms with Crippen LogP contribution in [-0.2, 0) is 9.53 Å². The molecule has 0 aliphatic rings. The van der Waals surface area contributed by atoms with Crippen LogP contribution in [-0.4, -0.2) is 12.4 Å². The third-order valence-corrected chi connectivity index (χ3v) is 2.90. The zero-order valence-corrected chi connectivity index (χ0v) is 10.9. The van der Waals surface area contributed by atoms with E-state index < -0.39 is 6.10 Å². The molecule has 15 heavy (non-hydrogen) atoms. The van der Waals surface area contributed by atoms with Gasteiger partial charge in [0.1, 0.15) is 6.10 Å². The van der Waals surface area contributed by atoms with Crippen molar-refractivity contribution in [3.63, 3.8) is 0 Å². The minimum atomic E-state index is -0.539. The maximum absolute atomic E-state index is 11.4. The molecule has 0 aromatic heterocycles. The lowest BCUT2D eigenvalue weighted by Gasteiger charge is -2.16. The molecule has 0 N–H and O–H groups in total. The van der Waals surface area contributed by atoms with E-state index in [1.807, 2.05) is 13.0 Å². The van der Waals surface area contributed by atoms with Crippen LogP contribution in [0.25, 0.3) is 0 Å². The van der Waals surface area contributed by atoms with Crippen LogP contribution in [0.15, 0.2) is 22.7 Å². The zero-order chi connectivity index (χ0) is 11.4. The van der Waals surface area contributed by atoms with Crippen LogP contribution >= 0.6 is 27.5 Å². The highest BCUT2D eigenvalue weighted by atomic mass is 79.9. The number of carbonyl (C=O) groups is 1. The lowest BCUT2D eigenvalue weighted by atomic mass is 10.1. The van der Waals surface area contributed by atoms with E-state index in [4.69, 9.17) is 16.3 Å². The zero-order valence-electron chi connectivity index (χ0n) is 8.59. The first-order chi connectivity index (χ1) is 7.06. The van der Waals surface area contributed by atoms with Crippen LogP contribution in [0, 0.1) is 0 Å². The first-order valence-electron chi connectivity index (χ1n) is 4.63. The van der Waals surface area contributed by atoms with Gasteiger partial charge in [0, 0.05) is 21.7 Å². The molecule has 0 saturated carbocycles. The molecule has 0 spiro atoms. The van der Waals surface area contributed by atoms with Gasteiger partial charge in [-0.05, 0) is 32.0 Å². The lowest BCUT2D eigenvalue weighted by Crippen LogP contribution is -2.13. The van der Waals surface area contributed by atoms with Crippen molar-refractivity contribution in [3.8, 4) is 0 Å². The molecule has 1 unspecified atom stereocenters. The average molecular weight is 292 g/mol. The van der Waals surface area contributed by atoms with Gasteiger partial charge in [0.2, 0.25) is 0 Å². The van der Waals surface area contributed by atoms with Crippen LogP contribution < -0.4 is 0 Å². The van der Waals surface area contributed by atoms with E-state index >= 15 is 0 Å². The fourth-order valence-corrected chi connectivity index (χ4v) is 1.94. The third-order valence-electron chi connectivity index (χ3n) is 1.94. The molecule has 0 bridgehead atoms. The summed E-state index contributed by atoms with van der Waals surface area (Å²) in [5.41, 5.74) is 0.775. The fourth-order valence-electron chi connectivity index (χ4n) is 1.31. The number of rotatable bonds is 4. The molecule has 0 heterocycles. The van der Waals surface area contributed by atoms with Gasteiger partial charge in [0.15, 0.2) is 5.78 Å². The molecular formula is C11H12BrClO2. The van der Waals surface area contributed by atoms with Crippen molar-refractivity contribution >= 4 is 33.3 Å². The minimum Gasteiger partial charge on any atom is -0.366 e. The molecule has 1 atom stereocenters. The molecule has 1 rings (SSSR count). The predicted molar refractivity (Wildman–Crippen MR) is 64.2 cm³/mol. The Morgan fingerprint density at radius 1 is 1.60 bits per heavy atom. The van der Waals surface area contributed by atoms with E-state index in [-0.39, 0.29) is 5.78 Å². The van der Waals surface area contributed by atoms with Gasteiger partial charge in [-0.3, -0.25) is 4.79 Å². The number of hydrogen-bond donors (Lipinski definition) is 0. The molecule has 2 nitrogen and oxygen atoms in total. The van der Waals surface area contributed by atoms with Gasteiger partial charge in [0.05, 0.1) is 0 Å². The molecule has 0 aliphatic carbocycles. The normalized spacial score (nSPS) is 12.5. The number of hydrogen-bond acceptors (Lipinski definition) is 2. The van der Waals surface area contributed by atoms with Gasteiger partial charge in [-0.25, -0.2) is 0 Å². The Morgan fingerprint density at radius 2 is 2.27 bits per heavy atom. The van der Waals surface area contributed by atoms with Crippen molar-refractivity contribution < 1.29 is 9.53 Å². The number of benzene rings is 1. The van der Waals surface area contributed by atoms with Crippen LogP contribution in [0.4, 0.5) is 0 Å². The van der Waals surface area contributed by atoms with Crippen LogP contribution in [0.1, 0.15) is 25.5 Å². The molecule has 0 radical (unpaired) electrons. The largest absolute Gasteiger partial charge is 0.366 e. The Morgan fingerprint density at radius 3 is 2.80 bits per heavy atom. The number of ketones is 1. The highest BCUT2D eigenvalue weighted by molar-refractivity contribution is 9.10. The standard InChI is InChI=1S/C11H12BrClO2/c1-3-15-11(7(2)14)9-6-8(13)4-5-10(9)12/h4-6,11H,3H2,1-2H3. The Labute approximate surface area is 103 Å². The van der Waals surface area contributed by atoms with E-state index in [1.165, 1.54) is 6.92 Å². The quantitative estimate of drug-likeness (QED) is 0.844. The maximum atomic E-state index is 11.4. The second-order valence-electron chi connectivity index (χ2n) is 3.11. The van der Waals surface area contributed by atoms with E-state index in [0.29, 0.717) is 11.6 Å². The summed E-state index contributed by atoms with van der Waals surface area (Å²) in [5.74, 6) is -0.0279. The number of Topliss-reactive ketones (excluding diaryl/α,β-unsaturated/α-hetero) is 1. The van der Waals surface area contributed by atoms with Crippen molar-refractivity contribution in [1.82, 2.24) is 0 Å². The highest BCUT2D eigenvalue weighted by Gasteiger charge is 2.19. The van der Waals surface area contributed by atoms with Crippen molar-refractivity contribution in [3.05, 3.63) is 33.3 Å². The molecule has 0 aliphatic heterocycles. The molecule has 0 saturated heterocycles. The SMILES string of the molecule is CCOC(C(C)=O)c1cc(Cl)ccc1Br. The predicted octanol–water partition coefficient (Wildman–Crippen LogP) is 3.77. The van der Waals surface area contributed by atoms with Crippen molar-refractivity contribution in [2.45, 2.75) is 20.0 Å². The van der Waals surface area contributed by atoms with Gasteiger partial charge in [-0.1, -0.05) is 27.5 Å². The topological polar surface area (TPSA) is 26.3 Å². The number of halogens is 2. The molecule has 0 fully saturated rings. The summed E-state index contributed by atoms with van der Waals surface area (Å²) in [5, 5.41) is 0.596. The molecular weight excluding hydrogens is 279 g/mol. The average Bonchev–Trinajstić information content (AvgIpc) is 2.18. The molecule has 1 aromatic rings. The summed E-state index contributed by atoms with van der Waals surface area (Å²) in [4.78, 5) is 11.4. The first kappa shape index (κ1) is 12.7.